The van der Waals surface area contributed by atoms with Crippen molar-refractivity contribution in [3.63, 3.8) is 0 Å². The molecule has 0 aliphatic heterocycles. The second-order valence-electron chi connectivity index (χ2n) is 4.01. The summed E-state index contributed by atoms with van der Waals surface area (Å²) >= 11 is 0. The largest absolute Gasteiger partial charge is 0.457 e. The highest BCUT2D eigenvalue weighted by molar-refractivity contribution is 5.79. The van der Waals surface area contributed by atoms with Crippen LogP contribution in [0.4, 0.5) is 5.69 Å². The molecule has 2 aromatic rings. The van der Waals surface area contributed by atoms with Crippen LogP contribution in [0.3, 0.4) is 0 Å². The van der Waals surface area contributed by atoms with Crippen LogP contribution in [-0.4, -0.2) is 11.2 Å². The number of nitro benzene ring substituents is 1. The van der Waals surface area contributed by atoms with Gasteiger partial charge in [-0.05, 0) is 31.2 Å². The lowest BCUT2D eigenvalue weighted by molar-refractivity contribution is -0.384. The average Bonchev–Trinajstić information content (AvgIpc) is 2.41. The maximum atomic E-state index is 10.9. The Morgan fingerprint density at radius 2 is 1.84 bits per heavy atom. The highest BCUT2D eigenvalue weighted by Crippen LogP contribution is 2.26. The van der Waals surface area contributed by atoms with Gasteiger partial charge in [-0.1, -0.05) is 11.6 Å². The van der Waals surface area contributed by atoms with E-state index in [2.05, 4.69) is 0 Å². The minimum absolute atomic E-state index is 0.00753. The highest BCUT2D eigenvalue weighted by Gasteiger charge is 2.07. The zero-order valence-corrected chi connectivity index (χ0v) is 10.2. The van der Waals surface area contributed by atoms with Gasteiger partial charge in [-0.15, -0.1) is 0 Å². The Kier molecular flexibility index (Phi) is 3.56. The molecule has 2 rings (SSSR count). The fourth-order valence-electron chi connectivity index (χ4n) is 1.62. The van der Waals surface area contributed by atoms with Crippen molar-refractivity contribution in [3.8, 4) is 11.5 Å². The molecule has 0 aliphatic carbocycles. The lowest BCUT2D eigenvalue weighted by atomic mass is 10.1. The van der Waals surface area contributed by atoms with Gasteiger partial charge in [0.2, 0.25) is 0 Å². The SMILES string of the molecule is Cc1ccc(Oc2ccc([N+](=O)[O-])cc2)c(C=O)c1. The van der Waals surface area contributed by atoms with E-state index in [0.29, 0.717) is 23.3 Å². The minimum Gasteiger partial charge on any atom is -0.457 e. The Labute approximate surface area is 109 Å². The summed E-state index contributed by atoms with van der Waals surface area (Å²) in [7, 11) is 0. The molecule has 0 amide bonds. The number of hydrogen-bond donors (Lipinski definition) is 0. The van der Waals surface area contributed by atoms with Crippen molar-refractivity contribution >= 4 is 12.0 Å². The summed E-state index contributed by atoms with van der Waals surface area (Å²) in [4.78, 5) is 21.0. The van der Waals surface area contributed by atoms with E-state index in [1.54, 1.807) is 12.1 Å². The number of nitrogens with zero attached hydrogens (tertiary/aromatic N) is 1. The molecular weight excluding hydrogens is 246 g/mol. The monoisotopic (exact) mass is 257 g/mol. The van der Waals surface area contributed by atoms with Crippen molar-refractivity contribution in [2.45, 2.75) is 6.92 Å². The van der Waals surface area contributed by atoms with Crippen molar-refractivity contribution in [2.75, 3.05) is 0 Å². The summed E-state index contributed by atoms with van der Waals surface area (Å²) < 4.78 is 5.54. The number of carbonyl (C=O) groups is 1. The van der Waals surface area contributed by atoms with E-state index >= 15 is 0 Å². The van der Waals surface area contributed by atoms with Crippen molar-refractivity contribution in [1.82, 2.24) is 0 Å². The van der Waals surface area contributed by atoms with E-state index in [9.17, 15) is 14.9 Å². The fraction of sp³-hybridized carbons (Fsp3) is 0.0714. The molecule has 0 aromatic heterocycles. The van der Waals surface area contributed by atoms with Crippen LogP contribution in [0.25, 0.3) is 0 Å². The highest BCUT2D eigenvalue weighted by atomic mass is 16.6. The van der Waals surface area contributed by atoms with Crippen LogP contribution < -0.4 is 4.74 Å². The normalized spacial score (nSPS) is 9.95. The number of rotatable bonds is 4. The Morgan fingerprint density at radius 3 is 2.42 bits per heavy atom. The maximum absolute atomic E-state index is 10.9. The Morgan fingerprint density at radius 1 is 1.16 bits per heavy atom. The number of ether oxygens (including phenoxy) is 1. The smallest absolute Gasteiger partial charge is 0.269 e. The molecule has 0 fully saturated rings. The maximum Gasteiger partial charge on any atom is 0.269 e. The molecule has 0 saturated heterocycles. The summed E-state index contributed by atoms with van der Waals surface area (Å²) in [5.41, 5.74) is 1.39. The molecule has 0 bridgehead atoms. The molecule has 0 radical (unpaired) electrons. The van der Waals surface area contributed by atoms with Crippen LogP contribution in [0.15, 0.2) is 42.5 Å². The van der Waals surface area contributed by atoms with Crippen LogP contribution in [0.5, 0.6) is 11.5 Å². The molecule has 0 saturated carbocycles. The molecule has 2 aromatic carbocycles. The van der Waals surface area contributed by atoms with Gasteiger partial charge in [0.1, 0.15) is 11.5 Å². The molecule has 5 nitrogen and oxygen atoms in total. The molecule has 19 heavy (non-hydrogen) atoms. The zero-order valence-electron chi connectivity index (χ0n) is 10.2. The number of aryl methyl sites for hydroxylation is 1. The minimum atomic E-state index is -0.480. The number of benzene rings is 2. The predicted octanol–water partition coefficient (Wildman–Crippen LogP) is 3.51. The van der Waals surface area contributed by atoms with E-state index in [0.717, 1.165) is 5.56 Å². The van der Waals surface area contributed by atoms with Crippen LogP contribution in [-0.2, 0) is 0 Å². The first kappa shape index (κ1) is 12.8. The summed E-state index contributed by atoms with van der Waals surface area (Å²) in [6.07, 6.45) is 0.716. The molecule has 0 N–H and O–H groups in total. The molecule has 0 aliphatic rings. The van der Waals surface area contributed by atoms with Gasteiger partial charge in [-0.2, -0.15) is 0 Å². The first-order valence-electron chi connectivity index (χ1n) is 5.58. The molecule has 0 heterocycles. The van der Waals surface area contributed by atoms with Gasteiger partial charge in [-0.25, -0.2) is 0 Å². The first-order chi connectivity index (χ1) is 9.10. The fourth-order valence-corrected chi connectivity index (χ4v) is 1.62. The lowest BCUT2D eigenvalue weighted by Gasteiger charge is -2.08. The van der Waals surface area contributed by atoms with Crippen LogP contribution >= 0.6 is 0 Å². The van der Waals surface area contributed by atoms with Crippen molar-refractivity contribution in [2.24, 2.45) is 0 Å². The number of aldehydes is 1. The van der Waals surface area contributed by atoms with E-state index in [-0.39, 0.29) is 5.69 Å². The summed E-state index contributed by atoms with van der Waals surface area (Å²) in [5.74, 6) is 0.868. The summed E-state index contributed by atoms with van der Waals surface area (Å²) in [5, 5.41) is 10.5. The topological polar surface area (TPSA) is 69.4 Å². The quantitative estimate of drug-likeness (QED) is 0.477. The molecular formula is C14H11NO4. The number of carbonyl (C=O) groups excluding carboxylic acids is 1. The Bertz CT molecular complexity index is 620. The zero-order chi connectivity index (χ0) is 13.8. The van der Waals surface area contributed by atoms with E-state index < -0.39 is 4.92 Å². The molecule has 0 spiro atoms. The second-order valence-corrected chi connectivity index (χ2v) is 4.01. The first-order valence-corrected chi connectivity index (χ1v) is 5.58. The van der Waals surface area contributed by atoms with Crippen LogP contribution in [0, 0.1) is 17.0 Å². The van der Waals surface area contributed by atoms with Gasteiger partial charge in [0.05, 0.1) is 10.5 Å². The van der Waals surface area contributed by atoms with Crippen molar-refractivity contribution < 1.29 is 14.5 Å². The van der Waals surface area contributed by atoms with Crippen LogP contribution in [0.2, 0.25) is 0 Å². The Hall–Kier alpha value is -2.69. The third-order valence-electron chi connectivity index (χ3n) is 2.57. The Balaban J connectivity index is 2.26. The van der Waals surface area contributed by atoms with Gasteiger partial charge in [0, 0.05) is 12.1 Å². The van der Waals surface area contributed by atoms with E-state index in [1.165, 1.54) is 24.3 Å². The third-order valence-corrected chi connectivity index (χ3v) is 2.57. The molecule has 0 atom stereocenters. The van der Waals surface area contributed by atoms with Crippen molar-refractivity contribution in [3.05, 3.63) is 63.7 Å². The summed E-state index contributed by atoms with van der Waals surface area (Å²) in [6, 6.07) is 10.9. The average molecular weight is 257 g/mol. The lowest BCUT2D eigenvalue weighted by Crippen LogP contribution is -1.92. The van der Waals surface area contributed by atoms with Gasteiger partial charge < -0.3 is 4.74 Å². The van der Waals surface area contributed by atoms with E-state index in [4.69, 9.17) is 4.74 Å². The molecule has 5 heteroatoms. The number of hydrogen-bond acceptors (Lipinski definition) is 4. The van der Waals surface area contributed by atoms with Gasteiger partial charge in [-0.3, -0.25) is 14.9 Å². The molecule has 0 unspecified atom stereocenters. The second kappa shape index (κ2) is 5.30. The number of non-ortho nitro benzene ring substituents is 1. The van der Waals surface area contributed by atoms with Gasteiger partial charge in [0.15, 0.2) is 6.29 Å². The third kappa shape index (κ3) is 2.95. The molecule has 96 valence electrons. The standard InChI is InChI=1S/C14H11NO4/c1-10-2-7-14(11(8-10)9-16)19-13-5-3-12(4-6-13)15(17)18/h2-9H,1H3. The summed E-state index contributed by atoms with van der Waals surface area (Å²) in [6.45, 7) is 1.88. The van der Waals surface area contributed by atoms with Crippen LogP contribution in [0.1, 0.15) is 15.9 Å². The number of nitro groups is 1. The van der Waals surface area contributed by atoms with E-state index in [1.807, 2.05) is 13.0 Å². The van der Waals surface area contributed by atoms with Gasteiger partial charge in [0.25, 0.3) is 5.69 Å². The van der Waals surface area contributed by atoms with Gasteiger partial charge >= 0.3 is 0 Å². The predicted molar refractivity (Wildman–Crippen MR) is 69.7 cm³/mol. The van der Waals surface area contributed by atoms with Crippen molar-refractivity contribution in [1.29, 1.82) is 0 Å².